The molecule has 0 amide bonds. The van der Waals surface area contributed by atoms with Crippen molar-refractivity contribution in [2.45, 2.75) is 26.6 Å². The Balaban J connectivity index is 2.18. The van der Waals surface area contributed by atoms with Crippen LogP contribution in [0.2, 0.25) is 5.02 Å². The second kappa shape index (κ2) is 6.14. The van der Waals surface area contributed by atoms with Gasteiger partial charge in [0.25, 0.3) is 0 Å². The standard InChI is InChI=1S/C19H14ClF3N2OS/c1-9-3-6-14(27-9)18-10(2)16-13(25(18)8-19(21,22)23)5-4-12-17(16)11(20)7-15(26)24-12/h3-7H,8H2,1-2H3,(H,24,26). The molecule has 3 heterocycles. The fourth-order valence-electron chi connectivity index (χ4n) is 3.57. The molecular weight excluding hydrogens is 397 g/mol. The smallest absolute Gasteiger partial charge is 0.330 e. The molecule has 0 aliphatic carbocycles. The van der Waals surface area contributed by atoms with E-state index in [1.165, 1.54) is 22.0 Å². The Hall–Kier alpha value is -2.25. The monoisotopic (exact) mass is 410 g/mol. The highest BCUT2D eigenvalue weighted by Crippen LogP contribution is 2.42. The van der Waals surface area contributed by atoms with E-state index in [1.54, 1.807) is 19.1 Å². The third kappa shape index (κ3) is 3.04. The van der Waals surface area contributed by atoms with Gasteiger partial charge in [0.15, 0.2) is 0 Å². The number of fused-ring (bicyclic) bond motifs is 3. The van der Waals surface area contributed by atoms with Crippen molar-refractivity contribution in [1.82, 2.24) is 9.55 Å². The number of H-pyrrole nitrogens is 1. The number of hydrogen-bond donors (Lipinski definition) is 1. The third-order valence-electron chi connectivity index (χ3n) is 4.54. The van der Waals surface area contributed by atoms with Crippen molar-refractivity contribution < 1.29 is 13.2 Å². The molecule has 0 spiro atoms. The highest BCUT2D eigenvalue weighted by Gasteiger charge is 2.31. The van der Waals surface area contributed by atoms with Gasteiger partial charge in [-0.1, -0.05) is 11.6 Å². The van der Waals surface area contributed by atoms with E-state index < -0.39 is 12.7 Å². The predicted octanol–water partition coefficient (Wildman–Crippen LogP) is 6.04. The minimum atomic E-state index is -4.37. The number of aromatic amines is 1. The molecule has 0 aliphatic heterocycles. The van der Waals surface area contributed by atoms with Crippen LogP contribution >= 0.6 is 22.9 Å². The summed E-state index contributed by atoms with van der Waals surface area (Å²) >= 11 is 7.75. The van der Waals surface area contributed by atoms with Crippen molar-refractivity contribution in [2.75, 3.05) is 0 Å². The number of aryl methyl sites for hydroxylation is 2. The second-order valence-corrected chi connectivity index (χ2v) is 8.14. The van der Waals surface area contributed by atoms with Crippen molar-refractivity contribution in [1.29, 1.82) is 0 Å². The number of aromatic nitrogens is 2. The molecular formula is C19H14ClF3N2OS. The SMILES string of the molecule is Cc1ccc(-c2c(C)c3c4c(Cl)cc(=O)[nH]c4ccc3n2CC(F)(F)F)s1. The maximum atomic E-state index is 13.3. The average Bonchev–Trinajstić information content (AvgIpc) is 3.07. The molecule has 0 saturated heterocycles. The summed E-state index contributed by atoms with van der Waals surface area (Å²) in [5.41, 5.74) is 1.81. The fraction of sp³-hybridized carbons (Fsp3) is 0.211. The average molecular weight is 411 g/mol. The van der Waals surface area contributed by atoms with E-state index in [2.05, 4.69) is 4.98 Å². The highest BCUT2D eigenvalue weighted by molar-refractivity contribution is 7.15. The van der Waals surface area contributed by atoms with Crippen LogP contribution in [-0.2, 0) is 6.54 Å². The quantitative estimate of drug-likeness (QED) is 0.429. The van der Waals surface area contributed by atoms with Gasteiger partial charge in [-0.05, 0) is 43.7 Å². The van der Waals surface area contributed by atoms with Crippen LogP contribution in [0.15, 0.2) is 35.1 Å². The molecule has 1 aromatic carbocycles. The van der Waals surface area contributed by atoms with E-state index in [1.807, 2.05) is 19.1 Å². The molecule has 8 heteroatoms. The number of nitrogens with one attached hydrogen (secondary N) is 1. The zero-order valence-corrected chi connectivity index (χ0v) is 15.9. The van der Waals surface area contributed by atoms with Crippen LogP contribution in [0.1, 0.15) is 10.4 Å². The van der Waals surface area contributed by atoms with Gasteiger partial charge >= 0.3 is 6.18 Å². The Morgan fingerprint density at radius 2 is 1.89 bits per heavy atom. The van der Waals surface area contributed by atoms with Gasteiger partial charge in [-0.25, -0.2) is 0 Å². The van der Waals surface area contributed by atoms with E-state index >= 15 is 0 Å². The molecule has 3 aromatic heterocycles. The Kier molecular flexibility index (Phi) is 4.12. The molecule has 0 fully saturated rings. The predicted molar refractivity (Wildman–Crippen MR) is 104 cm³/mol. The molecule has 0 unspecified atom stereocenters. The van der Waals surface area contributed by atoms with E-state index in [-0.39, 0.29) is 10.6 Å². The van der Waals surface area contributed by atoms with E-state index in [9.17, 15) is 18.0 Å². The summed E-state index contributed by atoms with van der Waals surface area (Å²) in [5.74, 6) is 0. The molecule has 140 valence electrons. The summed E-state index contributed by atoms with van der Waals surface area (Å²) in [5, 5.41) is 1.40. The molecule has 4 aromatic rings. The molecule has 0 radical (unpaired) electrons. The van der Waals surface area contributed by atoms with Gasteiger partial charge in [-0.3, -0.25) is 4.79 Å². The number of thiophene rings is 1. The van der Waals surface area contributed by atoms with Gasteiger partial charge < -0.3 is 9.55 Å². The van der Waals surface area contributed by atoms with E-state index in [0.717, 1.165) is 9.75 Å². The van der Waals surface area contributed by atoms with Gasteiger partial charge in [0.05, 0.1) is 21.1 Å². The molecule has 0 atom stereocenters. The van der Waals surface area contributed by atoms with E-state index in [0.29, 0.717) is 33.1 Å². The molecule has 0 bridgehead atoms. The maximum Gasteiger partial charge on any atom is 0.406 e. The minimum Gasteiger partial charge on any atom is -0.330 e. The molecule has 0 saturated carbocycles. The number of rotatable bonds is 2. The van der Waals surface area contributed by atoms with Crippen LogP contribution in [0.5, 0.6) is 0 Å². The molecule has 0 aliphatic rings. The molecule has 27 heavy (non-hydrogen) atoms. The largest absolute Gasteiger partial charge is 0.406 e. The van der Waals surface area contributed by atoms with Crippen molar-refractivity contribution in [3.05, 3.63) is 56.1 Å². The van der Waals surface area contributed by atoms with Crippen LogP contribution in [0.4, 0.5) is 13.2 Å². The van der Waals surface area contributed by atoms with Crippen molar-refractivity contribution >= 4 is 44.7 Å². The summed E-state index contributed by atoms with van der Waals surface area (Å²) in [6.07, 6.45) is -4.37. The summed E-state index contributed by atoms with van der Waals surface area (Å²) in [7, 11) is 0. The van der Waals surface area contributed by atoms with Crippen molar-refractivity contribution in [3.8, 4) is 10.6 Å². The normalized spacial score (nSPS) is 12.4. The number of halogens is 4. The lowest BCUT2D eigenvalue weighted by atomic mass is 10.1. The van der Waals surface area contributed by atoms with Crippen LogP contribution in [-0.4, -0.2) is 15.7 Å². The lowest BCUT2D eigenvalue weighted by Crippen LogP contribution is -2.18. The Morgan fingerprint density at radius 1 is 1.15 bits per heavy atom. The van der Waals surface area contributed by atoms with Crippen LogP contribution < -0.4 is 5.56 Å². The van der Waals surface area contributed by atoms with E-state index in [4.69, 9.17) is 11.6 Å². The van der Waals surface area contributed by atoms with Gasteiger partial charge in [-0.2, -0.15) is 13.2 Å². The Labute approximate surface area is 161 Å². The summed E-state index contributed by atoms with van der Waals surface area (Å²) < 4.78 is 41.3. The zero-order chi connectivity index (χ0) is 19.5. The minimum absolute atomic E-state index is 0.223. The number of alkyl halides is 3. The number of benzene rings is 1. The maximum absolute atomic E-state index is 13.3. The van der Waals surface area contributed by atoms with Crippen LogP contribution in [0.3, 0.4) is 0 Å². The van der Waals surface area contributed by atoms with Crippen molar-refractivity contribution in [2.24, 2.45) is 0 Å². The van der Waals surface area contributed by atoms with Crippen molar-refractivity contribution in [3.63, 3.8) is 0 Å². The first-order valence-electron chi connectivity index (χ1n) is 8.13. The third-order valence-corrected chi connectivity index (χ3v) is 5.85. The van der Waals surface area contributed by atoms with Gasteiger partial charge in [0.2, 0.25) is 5.56 Å². The lowest BCUT2D eigenvalue weighted by molar-refractivity contribution is -0.139. The first kappa shape index (κ1) is 18.1. The first-order valence-corrected chi connectivity index (χ1v) is 9.33. The number of pyridine rings is 1. The van der Waals surface area contributed by atoms with Gasteiger partial charge in [0, 0.05) is 27.2 Å². The Morgan fingerprint density at radius 3 is 2.52 bits per heavy atom. The van der Waals surface area contributed by atoms with Crippen LogP contribution in [0.25, 0.3) is 32.4 Å². The fourth-order valence-corrected chi connectivity index (χ4v) is 4.84. The Bertz CT molecular complexity index is 1250. The number of hydrogen-bond acceptors (Lipinski definition) is 2. The second-order valence-electron chi connectivity index (χ2n) is 6.45. The van der Waals surface area contributed by atoms with Crippen LogP contribution in [0, 0.1) is 13.8 Å². The highest BCUT2D eigenvalue weighted by atomic mass is 35.5. The molecule has 3 nitrogen and oxygen atoms in total. The topological polar surface area (TPSA) is 37.8 Å². The van der Waals surface area contributed by atoms with Gasteiger partial charge in [0.1, 0.15) is 6.54 Å². The molecule has 4 rings (SSSR count). The first-order chi connectivity index (χ1) is 12.7. The summed E-state index contributed by atoms with van der Waals surface area (Å²) in [4.78, 5) is 16.2. The lowest BCUT2D eigenvalue weighted by Gasteiger charge is -2.13. The summed E-state index contributed by atoms with van der Waals surface area (Å²) in [6, 6.07) is 8.17. The number of nitrogens with zero attached hydrogens (tertiary/aromatic N) is 1. The van der Waals surface area contributed by atoms with Gasteiger partial charge in [-0.15, -0.1) is 11.3 Å². The molecule has 1 N–H and O–H groups in total. The summed E-state index contributed by atoms with van der Waals surface area (Å²) in [6.45, 7) is 2.60. The zero-order valence-electron chi connectivity index (χ0n) is 14.4.